The van der Waals surface area contributed by atoms with Crippen LogP contribution in [0.25, 0.3) is 5.57 Å². The predicted octanol–water partition coefficient (Wildman–Crippen LogP) is 3.74. The third kappa shape index (κ3) is 1.84. The average Bonchev–Trinajstić information content (AvgIpc) is 2.56. The van der Waals surface area contributed by atoms with Gasteiger partial charge in [0.1, 0.15) is 0 Å². The van der Waals surface area contributed by atoms with Gasteiger partial charge >= 0.3 is 0 Å². The van der Waals surface area contributed by atoms with E-state index >= 15 is 0 Å². The number of allylic oxidation sites excluding steroid dienone is 2. The fourth-order valence-corrected chi connectivity index (χ4v) is 1.96. The van der Waals surface area contributed by atoms with Crippen LogP contribution < -0.4 is 0 Å². The minimum atomic E-state index is 0.163. The van der Waals surface area contributed by atoms with Gasteiger partial charge in [0.15, 0.2) is 5.78 Å². The summed E-state index contributed by atoms with van der Waals surface area (Å²) in [5, 5.41) is 1.29. The lowest BCUT2D eigenvalue weighted by molar-refractivity contribution is -0.114. The highest BCUT2D eigenvalue weighted by molar-refractivity contribution is 6.34. The summed E-state index contributed by atoms with van der Waals surface area (Å²) in [5.41, 5.74) is 1.87. The molecule has 1 nitrogen and oxygen atoms in total. The van der Waals surface area contributed by atoms with E-state index in [1.165, 1.54) is 0 Å². The molecule has 0 aromatic heterocycles. The Morgan fingerprint density at radius 3 is 2.57 bits per heavy atom. The van der Waals surface area contributed by atoms with Crippen LogP contribution in [0.15, 0.2) is 24.3 Å². The Morgan fingerprint density at radius 2 is 1.93 bits per heavy atom. The van der Waals surface area contributed by atoms with E-state index in [0.29, 0.717) is 16.5 Å². The standard InChI is InChI=1S/C11H8Cl2O/c12-8-2-4-11(13)10(6-8)7-1-3-9(14)5-7/h2,4-6H,1,3H2. The zero-order valence-electron chi connectivity index (χ0n) is 7.39. The van der Waals surface area contributed by atoms with Gasteiger partial charge in [0.25, 0.3) is 0 Å². The molecular formula is C11H8Cl2O. The maximum atomic E-state index is 11.1. The van der Waals surface area contributed by atoms with Crippen molar-refractivity contribution < 1.29 is 4.79 Å². The molecule has 0 bridgehead atoms. The molecule has 0 heterocycles. The van der Waals surface area contributed by atoms with Gasteiger partial charge in [0.05, 0.1) is 0 Å². The fraction of sp³-hybridized carbons (Fsp3) is 0.182. The second-order valence-corrected chi connectivity index (χ2v) is 4.10. The Kier molecular flexibility index (Phi) is 2.62. The van der Waals surface area contributed by atoms with Crippen LogP contribution in [-0.4, -0.2) is 5.78 Å². The van der Waals surface area contributed by atoms with Crippen molar-refractivity contribution in [1.29, 1.82) is 0 Å². The third-order valence-corrected chi connectivity index (χ3v) is 2.82. The molecule has 0 spiro atoms. The molecule has 0 unspecified atom stereocenters. The lowest BCUT2D eigenvalue weighted by Crippen LogP contribution is -1.82. The van der Waals surface area contributed by atoms with E-state index in [2.05, 4.69) is 0 Å². The van der Waals surface area contributed by atoms with E-state index < -0.39 is 0 Å². The first-order valence-electron chi connectivity index (χ1n) is 4.35. The summed E-state index contributed by atoms with van der Waals surface area (Å²) in [6.07, 6.45) is 2.99. The molecule has 0 radical (unpaired) electrons. The SMILES string of the molecule is O=C1C=C(c2cc(Cl)ccc2Cl)CC1. The normalized spacial score (nSPS) is 15.9. The van der Waals surface area contributed by atoms with Gasteiger partial charge in [-0.05, 0) is 41.8 Å². The minimum absolute atomic E-state index is 0.163. The first-order chi connectivity index (χ1) is 6.66. The van der Waals surface area contributed by atoms with E-state index in [0.717, 1.165) is 17.6 Å². The van der Waals surface area contributed by atoms with Gasteiger partial charge < -0.3 is 0 Å². The average molecular weight is 227 g/mol. The summed E-state index contributed by atoms with van der Waals surface area (Å²) in [6.45, 7) is 0. The van der Waals surface area contributed by atoms with E-state index in [1.807, 2.05) is 0 Å². The van der Waals surface area contributed by atoms with Gasteiger partial charge in [-0.1, -0.05) is 23.2 Å². The molecule has 1 aromatic rings. The molecule has 0 fully saturated rings. The number of ketones is 1. The molecule has 2 rings (SSSR count). The summed E-state index contributed by atoms with van der Waals surface area (Å²) < 4.78 is 0. The smallest absolute Gasteiger partial charge is 0.156 e. The maximum absolute atomic E-state index is 11.1. The van der Waals surface area contributed by atoms with Gasteiger partial charge in [-0.25, -0.2) is 0 Å². The maximum Gasteiger partial charge on any atom is 0.156 e. The van der Waals surface area contributed by atoms with Crippen LogP contribution in [0, 0.1) is 0 Å². The minimum Gasteiger partial charge on any atom is -0.295 e. The number of hydrogen-bond donors (Lipinski definition) is 0. The van der Waals surface area contributed by atoms with Crippen LogP contribution in [0.4, 0.5) is 0 Å². The van der Waals surface area contributed by atoms with Crippen LogP contribution in [0.2, 0.25) is 10.0 Å². The molecule has 0 N–H and O–H groups in total. The van der Waals surface area contributed by atoms with Crippen molar-refractivity contribution in [3.8, 4) is 0 Å². The van der Waals surface area contributed by atoms with Crippen LogP contribution in [0.3, 0.4) is 0 Å². The van der Waals surface area contributed by atoms with Gasteiger partial charge in [0.2, 0.25) is 0 Å². The Labute approximate surface area is 92.3 Å². The zero-order valence-corrected chi connectivity index (χ0v) is 8.90. The summed E-state index contributed by atoms with van der Waals surface area (Å²) >= 11 is 11.9. The summed E-state index contributed by atoms with van der Waals surface area (Å²) in [7, 11) is 0. The van der Waals surface area contributed by atoms with Crippen LogP contribution in [0.1, 0.15) is 18.4 Å². The third-order valence-electron chi connectivity index (χ3n) is 2.25. The molecular weight excluding hydrogens is 219 g/mol. The molecule has 3 heteroatoms. The number of benzene rings is 1. The van der Waals surface area contributed by atoms with Gasteiger partial charge in [-0.15, -0.1) is 0 Å². The highest BCUT2D eigenvalue weighted by Gasteiger charge is 2.15. The molecule has 0 atom stereocenters. The lowest BCUT2D eigenvalue weighted by Gasteiger charge is -2.04. The van der Waals surface area contributed by atoms with Crippen molar-refractivity contribution in [2.24, 2.45) is 0 Å². The molecule has 0 saturated carbocycles. The number of carbonyl (C=O) groups excluding carboxylic acids is 1. The predicted molar refractivity (Wildman–Crippen MR) is 58.7 cm³/mol. The first-order valence-corrected chi connectivity index (χ1v) is 5.11. The number of halogens is 2. The largest absolute Gasteiger partial charge is 0.295 e. The van der Waals surface area contributed by atoms with Crippen molar-refractivity contribution in [2.45, 2.75) is 12.8 Å². The van der Waals surface area contributed by atoms with Crippen molar-refractivity contribution >= 4 is 34.6 Å². The van der Waals surface area contributed by atoms with Crippen molar-refractivity contribution in [2.75, 3.05) is 0 Å². The van der Waals surface area contributed by atoms with Crippen LogP contribution in [0.5, 0.6) is 0 Å². The molecule has 0 amide bonds. The molecule has 1 aliphatic carbocycles. The highest BCUT2D eigenvalue weighted by atomic mass is 35.5. The number of carbonyl (C=O) groups is 1. The van der Waals surface area contributed by atoms with Crippen molar-refractivity contribution in [3.63, 3.8) is 0 Å². The molecule has 1 aliphatic rings. The molecule has 0 aliphatic heterocycles. The lowest BCUT2D eigenvalue weighted by atomic mass is 10.1. The monoisotopic (exact) mass is 226 g/mol. The zero-order chi connectivity index (χ0) is 10.1. The van der Waals surface area contributed by atoms with E-state index in [-0.39, 0.29) is 5.78 Å². The summed E-state index contributed by atoms with van der Waals surface area (Å²) in [6, 6.07) is 5.29. The van der Waals surface area contributed by atoms with Crippen LogP contribution in [-0.2, 0) is 4.79 Å². The van der Waals surface area contributed by atoms with E-state index in [4.69, 9.17) is 23.2 Å². The Balaban J connectivity index is 2.46. The summed E-state index contributed by atoms with van der Waals surface area (Å²) in [4.78, 5) is 11.1. The van der Waals surface area contributed by atoms with Crippen molar-refractivity contribution in [1.82, 2.24) is 0 Å². The van der Waals surface area contributed by atoms with Crippen LogP contribution >= 0.6 is 23.2 Å². The van der Waals surface area contributed by atoms with Gasteiger partial charge in [-0.2, -0.15) is 0 Å². The van der Waals surface area contributed by atoms with E-state index in [9.17, 15) is 4.79 Å². The summed E-state index contributed by atoms with van der Waals surface area (Å²) in [5.74, 6) is 0.163. The Morgan fingerprint density at radius 1 is 1.14 bits per heavy atom. The first kappa shape index (κ1) is 9.75. The molecule has 14 heavy (non-hydrogen) atoms. The second kappa shape index (κ2) is 3.76. The van der Waals surface area contributed by atoms with Gasteiger partial charge in [0, 0.05) is 16.5 Å². The molecule has 1 aromatic carbocycles. The highest BCUT2D eigenvalue weighted by Crippen LogP contribution is 2.32. The van der Waals surface area contributed by atoms with Gasteiger partial charge in [-0.3, -0.25) is 4.79 Å². The Bertz CT molecular complexity index is 421. The second-order valence-electron chi connectivity index (χ2n) is 3.26. The fourth-order valence-electron chi connectivity index (χ4n) is 1.55. The van der Waals surface area contributed by atoms with Crippen molar-refractivity contribution in [3.05, 3.63) is 39.9 Å². The number of rotatable bonds is 1. The quantitative estimate of drug-likeness (QED) is 0.714. The molecule has 72 valence electrons. The molecule has 0 saturated heterocycles. The number of hydrogen-bond acceptors (Lipinski definition) is 1. The van der Waals surface area contributed by atoms with E-state index in [1.54, 1.807) is 24.3 Å². The Hall–Kier alpha value is -0.790. The topological polar surface area (TPSA) is 17.1 Å².